The molecule has 8 nitrogen and oxygen atoms in total. The van der Waals surface area contributed by atoms with Crippen LogP contribution in [-0.4, -0.2) is 70.3 Å². The van der Waals surface area contributed by atoms with Crippen molar-refractivity contribution in [1.82, 2.24) is 10.2 Å². The molecule has 2 N–H and O–H groups in total. The number of carbonyl (C=O) groups excluding carboxylic acids is 1. The number of hydrogen-bond donors (Lipinski definition) is 2. The quantitative estimate of drug-likeness (QED) is 0.312. The lowest BCUT2D eigenvalue weighted by atomic mass is 10.2. The molecule has 0 aliphatic carbocycles. The molecule has 0 bridgehead atoms. The summed E-state index contributed by atoms with van der Waals surface area (Å²) in [6.07, 6.45) is 0. The van der Waals surface area contributed by atoms with Crippen molar-refractivity contribution in [2.75, 3.05) is 63.7 Å². The molecule has 0 radical (unpaired) electrons. The third-order valence-corrected chi connectivity index (χ3v) is 5.11. The fraction of sp³-hybridized carbons (Fsp3) is 0.391. The second-order valence-corrected chi connectivity index (χ2v) is 7.05. The summed E-state index contributed by atoms with van der Waals surface area (Å²) in [5.41, 5.74) is 1.99. The highest BCUT2D eigenvalue weighted by Gasteiger charge is 2.21. The Morgan fingerprint density at radius 2 is 1.78 bits per heavy atom. The Morgan fingerprint density at radius 3 is 2.41 bits per heavy atom. The molecule has 1 saturated heterocycles. The van der Waals surface area contributed by atoms with E-state index in [1.165, 1.54) is 5.69 Å². The average molecular weight is 553 g/mol. The highest BCUT2D eigenvalue weighted by Crippen LogP contribution is 2.30. The van der Waals surface area contributed by atoms with E-state index in [2.05, 4.69) is 32.7 Å². The normalized spacial score (nSPS) is 13.8. The highest BCUT2D eigenvalue weighted by atomic mass is 127. The Balaban J connectivity index is 0.00000363. The molecule has 2 aromatic rings. The van der Waals surface area contributed by atoms with Gasteiger partial charge < -0.3 is 29.9 Å². The molecule has 174 valence electrons. The zero-order valence-corrected chi connectivity index (χ0v) is 21.2. The van der Waals surface area contributed by atoms with Gasteiger partial charge in [-0.05, 0) is 31.2 Å². The molecule has 32 heavy (non-hydrogen) atoms. The molecule has 2 aromatic carbocycles. The number of nitrogens with zero attached hydrogens (tertiary/aromatic N) is 3. The Bertz CT molecular complexity index is 886. The van der Waals surface area contributed by atoms with Gasteiger partial charge in [0.25, 0.3) is 0 Å². The second kappa shape index (κ2) is 13.0. The zero-order valence-electron chi connectivity index (χ0n) is 18.8. The van der Waals surface area contributed by atoms with Crippen LogP contribution in [0.3, 0.4) is 0 Å². The maximum atomic E-state index is 12.7. The second-order valence-electron chi connectivity index (χ2n) is 7.05. The number of nitrogens with one attached hydrogen (secondary N) is 2. The van der Waals surface area contributed by atoms with Gasteiger partial charge in [0.1, 0.15) is 0 Å². The molecule has 1 amide bonds. The van der Waals surface area contributed by atoms with Crippen LogP contribution in [0, 0.1) is 0 Å². The molecule has 0 spiro atoms. The van der Waals surface area contributed by atoms with Gasteiger partial charge in [-0.3, -0.25) is 9.79 Å². The lowest BCUT2D eigenvalue weighted by molar-refractivity contribution is -0.130. The fourth-order valence-corrected chi connectivity index (χ4v) is 3.46. The molecule has 1 fully saturated rings. The summed E-state index contributed by atoms with van der Waals surface area (Å²) < 4.78 is 10.9. The monoisotopic (exact) mass is 553 g/mol. The first kappa shape index (κ1) is 25.6. The minimum Gasteiger partial charge on any atom is -0.493 e. The van der Waals surface area contributed by atoms with E-state index in [1.54, 1.807) is 14.2 Å². The third-order valence-electron chi connectivity index (χ3n) is 5.11. The van der Waals surface area contributed by atoms with Crippen LogP contribution in [0.1, 0.15) is 6.92 Å². The van der Waals surface area contributed by atoms with Crippen LogP contribution in [0.2, 0.25) is 0 Å². The van der Waals surface area contributed by atoms with Gasteiger partial charge >= 0.3 is 0 Å². The minimum absolute atomic E-state index is 0. The van der Waals surface area contributed by atoms with Gasteiger partial charge in [0.15, 0.2) is 17.5 Å². The molecule has 3 rings (SSSR count). The van der Waals surface area contributed by atoms with Crippen LogP contribution in [0.4, 0.5) is 11.4 Å². The number of piperazine rings is 1. The van der Waals surface area contributed by atoms with Crippen molar-refractivity contribution in [3.8, 4) is 11.5 Å². The zero-order chi connectivity index (χ0) is 22.1. The van der Waals surface area contributed by atoms with Crippen molar-refractivity contribution in [3.63, 3.8) is 0 Å². The van der Waals surface area contributed by atoms with Crippen LogP contribution in [0.5, 0.6) is 11.5 Å². The van der Waals surface area contributed by atoms with Crippen LogP contribution < -0.4 is 25.0 Å². The summed E-state index contributed by atoms with van der Waals surface area (Å²) in [6.45, 7) is 5.71. The lowest BCUT2D eigenvalue weighted by Gasteiger charge is -2.36. The number of hydrogen-bond acceptors (Lipinski definition) is 5. The first-order valence-electron chi connectivity index (χ1n) is 10.5. The predicted molar refractivity (Wildman–Crippen MR) is 140 cm³/mol. The van der Waals surface area contributed by atoms with Gasteiger partial charge in [-0.1, -0.05) is 18.2 Å². The number of anilines is 2. The number of guanidine groups is 1. The number of methoxy groups -OCH3 is 1. The van der Waals surface area contributed by atoms with Gasteiger partial charge in [-0.15, -0.1) is 24.0 Å². The Kier molecular flexibility index (Phi) is 10.4. The number of para-hydroxylation sites is 1. The molecular formula is C23H32IN5O3. The molecule has 0 atom stereocenters. The van der Waals surface area contributed by atoms with E-state index in [-0.39, 0.29) is 36.4 Å². The summed E-state index contributed by atoms with van der Waals surface area (Å²) in [6, 6.07) is 15.8. The maximum Gasteiger partial charge on any atom is 0.242 e. The predicted octanol–water partition coefficient (Wildman–Crippen LogP) is 3.05. The Labute approximate surface area is 207 Å². The van der Waals surface area contributed by atoms with Crippen LogP contribution in [0.15, 0.2) is 53.5 Å². The highest BCUT2D eigenvalue weighted by molar-refractivity contribution is 14.0. The van der Waals surface area contributed by atoms with E-state index in [4.69, 9.17) is 9.47 Å². The first-order chi connectivity index (χ1) is 15.1. The summed E-state index contributed by atoms with van der Waals surface area (Å²) in [5, 5.41) is 6.29. The smallest absolute Gasteiger partial charge is 0.242 e. The number of aliphatic imine (C=N–C) groups is 1. The number of ether oxygens (including phenoxy) is 2. The molecule has 0 aromatic heterocycles. The van der Waals surface area contributed by atoms with E-state index >= 15 is 0 Å². The van der Waals surface area contributed by atoms with Crippen molar-refractivity contribution >= 4 is 47.2 Å². The van der Waals surface area contributed by atoms with Crippen LogP contribution in [-0.2, 0) is 4.79 Å². The maximum absolute atomic E-state index is 12.7. The van der Waals surface area contributed by atoms with Crippen LogP contribution in [0.25, 0.3) is 0 Å². The molecule has 0 saturated carbocycles. The number of rotatable bonds is 7. The van der Waals surface area contributed by atoms with Crippen LogP contribution >= 0.6 is 24.0 Å². The number of halogens is 1. The summed E-state index contributed by atoms with van der Waals surface area (Å²) in [5.74, 6) is 1.89. The Morgan fingerprint density at radius 1 is 1.06 bits per heavy atom. The molecule has 9 heteroatoms. The Hall–Kier alpha value is -2.69. The standard InChI is InChI=1S/C23H31N5O3.HI/c1-4-31-21-16-18(10-11-20(21)30-3)26-23(24-2)25-17-22(29)28-14-12-27(13-15-28)19-8-6-5-7-9-19;/h5-11,16H,4,12-15,17H2,1-3H3,(H2,24,25,26);1H. The van der Waals surface area contributed by atoms with Crippen molar-refractivity contribution in [3.05, 3.63) is 48.5 Å². The van der Waals surface area contributed by atoms with E-state index in [0.717, 1.165) is 18.8 Å². The van der Waals surface area contributed by atoms with Gasteiger partial charge in [0.2, 0.25) is 5.91 Å². The fourth-order valence-electron chi connectivity index (χ4n) is 3.46. The number of benzene rings is 2. The van der Waals surface area contributed by atoms with E-state index in [9.17, 15) is 4.79 Å². The van der Waals surface area contributed by atoms with Gasteiger partial charge in [0.05, 0.1) is 20.3 Å². The van der Waals surface area contributed by atoms with Crippen molar-refractivity contribution in [2.24, 2.45) is 4.99 Å². The molecule has 1 heterocycles. The third kappa shape index (κ3) is 6.91. The van der Waals surface area contributed by atoms with E-state index in [1.807, 2.05) is 48.2 Å². The number of amides is 1. The molecule has 0 unspecified atom stereocenters. The number of carbonyl (C=O) groups is 1. The van der Waals surface area contributed by atoms with E-state index < -0.39 is 0 Å². The average Bonchev–Trinajstić information content (AvgIpc) is 2.82. The SMILES string of the molecule is CCOc1cc(NC(=NC)NCC(=O)N2CCN(c3ccccc3)CC2)ccc1OC.I. The molecule has 1 aliphatic rings. The van der Waals surface area contributed by atoms with Gasteiger partial charge in [-0.25, -0.2) is 0 Å². The molecular weight excluding hydrogens is 521 g/mol. The van der Waals surface area contributed by atoms with Crippen molar-refractivity contribution < 1.29 is 14.3 Å². The largest absolute Gasteiger partial charge is 0.493 e. The lowest BCUT2D eigenvalue weighted by Crippen LogP contribution is -2.51. The first-order valence-corrected chi connectivity index (χ1v) is 10.5. The van der Waals surface area contributed by atoms with E-state index in [0.29, 0.717) is 37.2 Å². The van der Waals surface area contributed by atoms with Crippen molar-refractivity contribution in [2.45, 2.75) is 6.92 Å². The van der Waals surface area contributed by atoms with Gasteiger partial charge in [0, 0.05) is 50.7 Å². The topological polar surface area (TPSA) is 78.4 Å². The summed E-state index contributed by atoms with van der Waals surface area (Å²) in [4.78, 5) is 21.1. The van der Waals surface area contributed by atoms with Crippen molar-refractivity contribution in [1.29, 1.82) is 0 Å². The summed E-state index contributed by atoms with van der Waals surface area (Å²) in [7, 11) is 3.28. The summed E-state index contributed by atoms with van der Waals surface area (Å²) >= 11 is 0. The minimum atomic E-state index is 0. The van der Waals surface area contributed by atoms with Gasteiger partial charge in [-0.2, -0.15) is 0 Å². The molecule has 1 aliphatic heterocycles.